The van der Waals surface area contributed by atoms with E-state index in [0.29, 0.717) is 16.8 Å². The molecule has 0 aliphatic heterocycles. The highest BCUT2D eigenvalue weighted by Crippen LogP contribution is 2.30. The molecule has 0 unspecified atom stereocenters. The second-order valence-electron chi connectivity index (χ2n) is 6.87. The van der Waals surface area contributed by atoms with Gasteiger partial charge in [-0.1, -0.05) is 0 Å². The third-order valence-corrected chi connectivity index (χ3v) is 6.06. The summed E-state index contributed by atoms with van der Waals surface area (Å²) in [5, 5.41) is 0. The van der Waals surface area contributed by atoms with Crippen LogP contribution in [0.15, 0.2) is 66.0 Å². The zero-order valence-corrected chi connectivity index (χ0v) is 18.5. The predicted octanol–water partition coefficient (Wildman–Crippen LogP) is 3.52. The molecule has 0 aliphatic carbocycles. The van der Waals surface area contributed by atoms with Gasteiger partial charge in [-0.05, 0) is 49.4 Å². The van der Waals surface area contributed by atoms with E-state index in [9.17, 15) is 17.6 Å². The number of aromatic nitrogens is 3. The number of methoxy groups -OCH3 is 1. The normalized spacial score (nSPS) is 11.4. The molecule has 3 aromatic heterocycles. The Morgan fingerprint density at radius 1 is 1.12 bits per heavy atom. The first-order valence-corrected chi connectivity index (χ1v) is 11.3. The van der Waals surface area contributed by atoms with Crippen LogP contribution >= 0.6 is 0 Å². The fourth-order valence-electron chi connectivity index (χ4n) is 3.13. The molecule has 3 heterocycles. The van der Waals surface area contributed by atoms with Crippen molar-refractivity contribution in [3.63, 3.8) is 0 Å². The van der Waals surface area contributed by atoms with Gasteiger partial charge in [0.15, 0.2) is 5.69 Å². The van der Waals surface area contributed by atoms with Crippen LogP contribution in [-0.4, -0.2) is 42.5 Å². The lowest BCUT2D eigenvalue weighted by molar-refractivity contribution is 0.0520. The molecule has 0 saturated heterocycles. The quantitative estimate of drug-likeness (QED) is 0.411. The van der Waals surface area contributed by atoms with E-state index in [1.54, 1.807) is 41.9 Å². The molecule has 11 heteroatoms. The number of pyridine rings is 2. The summed E-state index contributed by atoms with van der Waals surface area (Å²) >= 11 is 0. The first kappa shape index (κ1) is 22.2. The number of carbonyl (C=O) groups is 1. The molecule has 0 amide bonds. The Kier molecular flexibility index (Phi) is 5.97. The van der Waals surface area contributed by atoms with Crippen molar-refractivity contribution >= 4 is 27.3 Å². The lowest BCUT2D eigenvalue weighted by atomic mass is 10.1. The van der Waals surface area contributed by atoms with Crippen molar-refractivity contribution in [2.75, 3.05) is 18.4 Å². The van der Waals surface area contributed by atoms with Crippen LogP contribution in [0.3, 0.4) is 0 Å². The van der Waals surface area contributed by atoms with Gasteiger partial charge in [0.05, 0.1) is 18.6 Å². The molecule has 170 valence electrons. The minimum atomic E-state index is -4.01. The molecule has 0 saturated carbocycles. The monoisotopic (exact) mass is 470 g/mol. The molecule has 0 aliphatic rings. The number of nitrogens with one attached hydrogen (secondary N) is 1. The van der Waals surface area contributed by atoms with Crippen LogP contribution in [0.5, 0.6) is 5.88 Å². The van der Waals surface area contributed by atoms with Crippen molar-refractivity contribution in [1.82, 2.24) is 14.4 Å². The first-order chi connectivity index (χ1) is 15.8. The Labute approximate surface area is 188 Å². The lowest BCUT2D eigenvalue weighted by Crippen LogP contribution is -2.14. The first-order valence-electron chi connectivity index (χ1n) is 9.79. The molecule has 1 N–H and O–H groups in total. The maximum absolute atomic E-state index is 13.2. The number of fused-ring (bicyclic) bond motifs is 1. The number of ether oxygens (including phenoxy) is 2. The summed E-state index contributed by atoms with van der Waals surface area (Å²) < 4.78 is 53.0. The maximum atomic E-state index is 13.2. The van der Waals surface area contributed by atoms with Crippen molar-refractivity contribution in [2.24, 2.45) is 0 Å². The van der Waals surface area contributed by atoms with E-state index in [1.165, 1.54) is 13.3 Å². The van der Waals surface area contributed by atoms with Crippen LogP contribution < -0.4 is 9.46 Å². The molecule has 9 nitrogen and oxygen atoms in total. The van der Waals surface area contributed by atoms with Crippen LogP contribution in [0.1, 0.15) is 17.4 Å². The van der Waals surface area contributed by atoms with Crippen LogP contribution in [0.25, 0.3) is 16.8 Å². The van der Waals surface area contributed by atoms with Gasteiger partial charge in [-0.15, -0.1) is 0 Å². The van der Waals surface area contributed by atoms with Crippen molar-refractivity contribution in [1.29, 1.82) is 0 Å². The van der Waals surface area contributed by atoms with Gasteiger partial charge in [-0.2, -0.15) is 0 Å². The van der Waals surface area contributed by atoms with E-state index in [2.05, 4.69) is 14.7 Å². The molecule has 0 bridgehead atoms. The highest BCUT2D eigenvalue weighted by molar-refractivity contribution is 7.92. The number of rotatable bonds is 7. The lowest BCUT2D eigenvalue weighted by Gasteiger charge is -2.13. The fraction of sp³-hybridized carbons (Fsp3) is 0.136. The Morgan fingerprint density at radius 2 is 1.88 bits per heavy atom. The minimum absolute atomic E-state index is 0.0674. The van der Waals surface area contributed by atoms with Crippen molar-refractivity contribution in [2.45, 2.75) is 11.8 Å². The molecule has 0 fully saturated rings. The van der Waals surface area contributed by atoms with Gasteiger partial charge >= 0.3 is 5.97 Å². The minimum Gasteiger partial charge on any atom is -0.480 e. The Balaban J connectivity index is 1.69. The van der Waals surface area contributed by atoms with Crippen LogP contribution in [0.4, 0.5) is 10.1 Å². The molecule has 4 rings (SSSR count). The predicted molar refractivity (Wildman–Crippen MR) is 118 cm³/mol. The largest absolute Gasteiger partial charge is 0.480 e. The van der Waals surface area contributed by atoms with Crippen molar-refractivity contribution in [3.8, 4) is 17.0 Å². The third kappa shape index (κ3) is 4.62. The Morgan fingerprint density at radius 3 is 2.58 bits per heavy atom. The van der Waals surface area contributed by atoms with Crippen molar-refractivity contribution < 1.29 is 27.1 Å². The second kappa shape index (κ2) is 8.87. The van der Waals surface area contributed by atoms with Gasteiger partial charge in [0.2, 0.25) is 5.88 Å². The van der Waals surface area contributed by atoms with Gasteiger partial charge in [0.25, 0.3) is 10.0 Å². The smallest absolute Gasteiger partial charge is 0.358 e. The number of halogens is 1. The third-order valence-electron chi connectivity index (χ3n) is 4.68. The number of sulfonamides is 1. The average Bonchev–Trinajstić information content (AvgIpc) is 3.23. The highest BCUT2D eigenvalue weighted by Gasteiger charge is 2.19. The number of hydrogen-bond acceptors (Lipinski definition) is 7. The van der Waals surface area contributed by atoms with Crippen LogP contribution in [0, 0.1) is 5.82 Å². The van der Waals surface area contributed by atoms with E-state index < -0.39 is 21.8 Å². The fourth-order valence-corrected chi connectivity index (χ4v) is 4.18. The second-order valence-corrected chi connectivity index (χ2v) is 8.55. The maximum Gasteiger partial charge on any atom is 0.358 e. The van der Waals surface area contributed by atoms with Crippen LogP contribution in [0.2, 0.25) is 0 Å². The number of esters is 1. The van der Waals surface area contributed by atoms with E-state index >= 15 is 0 Å². The zero-order chi connectivity index (χ0) is 23.6. The number of carbonyl (C=O) groups excluding carboxylic acids is 1. The number of imidazole rings is 1. The van der Waals surface area contributed by atoms with E-state index in [1.807, 2.05) is 0 Å². The summed E-state index contributed by atoms with van der Waals surface area (Å²) in [4.78, 5) is 20.3. The van der Waals surface area contributed by atoms with Gasteiger partial charge < -0.3 is 13.9 Å². The molecular weight excluding hydrogens is 451 g/mol. The molecular formula is C22H19FN4O5S. The molecule has 1 aromatic carbocycles. The van der Waals surface area contributed by atoms with E-state index in [-0.39, 0.29) is 28.8 Å². The van der Waals surface area contributed by atoms with E-state index in [0.717, 1.165) is 24.3 Å². The van der Waals surface area contributed by atoms with Gasteiger partial charge in [0.1, 0.15) is 17.2 Å². The molecule has 0 spiro atoms. The number of benzene rings is 1. The summed E-state index contributed by atoms with van der Waals surface area (Å²) in [6, 6.07) is 9.49. The molecule has 0 radical (unpaired) electrons. The van der Waals surface area contributed by atoms with Gasteiger partial charge in [-0.3, -0.25) is 4.72 Å². The van der Waals surface area contributed by atoms with Gasteiger partial charge in [0, 0.05) is 29.7 Å². The Hall–Kier alpha value is -3.99. The van der Waals surface area contributed by atoms with Crippen LogP contribution in [-0.2, 0) is 14.8 Å². The highest BCUT2D eigenvalue weighted by atomic mass is 32.2. The topological polar surface area (TPSA) is 112 Å². The van der Waals surface area contributed by atoms with Gasteiger partial charge in [-0.25, -0.2) is 27.6 Å². The Bertz CT molecular complexity index is 1440. The summed E-state index contributed by atoms with van der Waals surface area (Å²) in [6.07, 6.45) is 4.80. The number of nitrogens with zero attached hydrogens (tertiary/aromatic N) is 3. The van der Waals surface area contributed by atoms with Crippen molar-refractivity contribution in [3.05, 3.63) is 72.6 Å². The SMILES string of the molecule is CCOC(=O)c1cn2cc(-c3cnc(OC)c(NS(=O)(=O)c4ccc(F)cc4)c3)ccc2n1. The number of anilines is 1. The molecule has 4 aromatic rings. The summed E-state index contributed by atoms with van der Waals surface area (Å²) in [5.74, 6) is -1.000. The number of hydrogen-bond donors (Lipinski definition) is 1. The molecule has 0 atom stereocenters. The summed E-state index contributed by atoms with van der Waals surface area (Å²) in [6.45, 7) is 1.95. The zero-order valence-electron chi connectivity index (χ0n) is 17.6. The van der Waals surface area contributed by atoms with E-state index in [4.69, 9.17) is 9.47 Å². The standard InChI is InChI=1S/C22H19FN4O5S/c1-3-32-22(28)19-13-27-12-14(4-9-20(27)25-19)15-10-18(21(31-2)24-11-15)26-33(29,30)17-7-5-16(23)6-8-17/h4-13,26H,3H2,1-2H3. The molecule has 33 heavy (non-hydrogen) atoms. The summed E-state index contributed by atoms with van der Waals surface area (Å²) in [5.41, 5.74) is 2.10. The average molecular weight is 470 g/mol. The summed E-state index contributed by atoms with van der Waals surface area (Å²) in [7, 11) is -2.64.